The number of aromatic nitrogens is 2. The minimum Gasteiger partial charge on any atom is -0.394 e. The first-order valence-corrected chi connectivity index (χ1v) is 5.72. The third-order valence-corrected chi connectivity index (χ3v) is 3.04. The van der Waals surface area contributed by atoms with Gasteiger partial charge in [-0.1, -0.05) is 0 Å². The molecule has 98 valence electrons. The summed E-state index contributed by atoms with van der Waals surface area (Å²) in [5, 5.41) is 18.0. The number of aliphatic hydroxyl groups is 1. The fourth-order valence-electron chi connectivity index (χ4n) is 1.86. The number of carbonyl (C=O) groups is 1. The van der Waals surface area contributed by atoms with Gasteiger partial charge in [-0.15, -0.1) is 0 Å². The number of H-pyrrole nitrogens is 1. The van der Waals surface area contributed by atoms with Crippen LogP contribution >= 0.6 is 0 Å². The minimum absolute atomic E-state index is 0.119. The van der Waals surface area contributed by atoms with Crippen molar-refractivity contribution < 1.29 is 14.6 Å². The Bertz CT molecular complexity index is 459. The molecular formula is C11H15N3O4. The first kappa shape index (κ1) is 12.7. The van der Waals surface area contributed by atoms with E-state index in [1.54, 1.807) is 0 Å². The van der Waals surface area contributed by atoms with Crippen molar-refractivity contribution in [2.75, 3.05) is 19.8 Å². The number of hydrogen-bond donors (Lipinski definition) is 3. The molecule has 2 heterocycles. The number of nitrogens with one attached hydrogen (secondary N) is 2. The van der Waals surface area contributed by atoms with Crippen molar-refractivity contribution in [2.45, 2.75) is 18.4 Å². The van der Waals surface area contributed by atoms with E-state index < -0.39 is 11.4 Å². The van der Waals surface area contributed by atoms with Gasteiger partial charge in [0.2, 0.25) is 0 Å². The van der Waals surface area contributed by atoms with E-state index in [1.807, 2.05) is 0 Å². The smallest absolute Gasteiger partial charge is 0.272 e. The molecule has 0 bridgehead atoms. The van der Waals surface area contributed by atoms with Crippen molar-refractivity contribution in [2.24, 2.45) is 0 Å². The SMILES string of the molecule is O=C(NC1(CO)CCOCC1)c1ccc(=O)[nH]n1. The molecule has 1 aliphatic rings. The molecule has 1 aromatic heterocycles. The second-order valence-electron chi connectivity index (χ2n) is 4.31. The van der Waals surface area contributed by atoms with Gasteiger partial charge in [0.15, 0.2) is 0 Å². The number of hydrogen-bond acceptors (Lipinski definition) is 5. The summed E-state index contributed by atoms with van der Waals surface area (Å²) in [6.45, 7) is 0.852. The first-order valence-electron chi connectivity index (χ1n) is 5.72. The average molecular weight is 253 g/mol. The maximum Gasteiger partial charge on any atom is 0.272 e. The van der Waals surface area contributed by atoms with Crippen molar-refractivity contribution in [3.8, 4) is 0 Å². The van der Waals surface area contributed by atoms with E-state index >= 15 is 0 Å². The van der Waals surface area contributed by atoms with Crippen molar-refractivity contribution in [3.63, 3.8) is 0 Å². The van der Waals surface area contributed by atoms with E-state index in [0.717, 1.165) is 0 Å². The summed E-state index contributed by atoms with van der Waals surface area (Å²) in [5.74, 6) is -0.415. The number of carbonyl (C=O) groups excluding carboxylic acids is 1. The Labute approximate surface area is 103 Å². The van der Waals surface area contributed by atoms with Crippen LogP contribution in [0, 0.1) is 0 Å². The molecule has 0 aliphatic carbocycles. The molecule has 0 radical (unpaired) electrons. The third kappa shape index (κ3) is 2.74. The zero-order valence-corrected chi connectivity index (χ0v) is 9.81. The highest BCUT2D eigenvalue weighted by Gasteiger charge is 2.34. The Kier molecular flexibility index (Phi) is 3.73. The molecule has 7 nitrogen and oxygen atoms in total. The van der Waals surface area contributed by atoms with Crippen LogP contribution in [0.15, 0.2) is 16.9 Å². The number of aromatic amines is 1. The molecule has 3 N–H and O–H groups in total. The Morgan fingerprint density at radius 2 is 2.22 bits per heavy atom. The van der Waals surface area contributed by atoms with Crippen LogP contribution in [0.2, 0.25) is 0 Å². The summed E-state index contributed by atoms with van der Waals surface area (Å²) in [5.41, 5.74) is -0.906. The minimum atomic E-state index is -0.660. The molecule has 0 spiro atoms. The fraction of sp³-hybridized carbons (Fsp3) is 0.545. The van der Waals surface area contributed by atoms with Crippen LogP contribution in [-0.4, -0.2) is 46.6 Å². The van der Waals surface area contributed by atoms with Crippen LogP contribution in [0.4, 0.5) is 0 Å². The molecule has 0 aromatic carbocycles. The summed E-state index contributed by atoms with van der Waals surface area (Å²) in [6.07, 6.45) is 1.11. The second kappa shape index (κ2) is 5.28. The molecule has 1 amide bonds. The number of rotatable bonds is 3. The van der Waals surface area contributed by atoms with E-state index in [1.165, 1.54) is 12.1 Å². The van der Waals surface area contributed by atoms with Crippen molar-refractivity contribution >= 4 is 5.91 Å². The highest BCUT2D eigenvalue weighted by atomic mass is 16.5. The molecule has 18 heavy (non-hydrogen) atoms. The highest BCUT2D eigenvalue weighted by molar-refractivity contribution is 5.92. The largest absolute Gasteiger partial charge is 0.394 e. The maximum absolute atomic E-state index is 11.9. The van der Waals surface area contributed by atoms with Gasteiger partial charge in [0.25, 0.3) is 11.5 Å². The van der Waals surface area contributed by atoms with Gasteiger partial charge in [0.05, 0.1) is 12.1 Å². The lowest BCUT2D eigenvalue weighted by Crippen LogP contribution is -2.54. The summed E-state index contributed by atoms with van der Waals surface area (Å²) >= 11 is 0. The van der Waals surface area contributed by atoms with Gasteiger partial charge < -0.3 is 15.2 Å². The summed E-state index contributed by atoms with van der Waals surface area (Å²) < 4.78 is 5.20. The standard InChI is InChI=1S/C11H15N3O4/c15-7-11(3-5-18-6-4-11)12-10(17)8-1-2-9(16)14-13-8/h1-2,15H,3-7H2,(H,12,17)(H,14,16). The Balaban J connectivity index is 2.09. The van der Waals surface area contributed by atoms with E-state index in [2.05, 4.69) is 15.5 Å². The van der Waals surface area contributed by atoms with Gasteiger partial charge in [-0.05, 0) is 18.9 Å². The van der Waals surface area contributed by atoms with E-state index in [4.69, 9.17) is 4.74 Å². The molecule has 0 saturated carbocycles. The summed E-state index contributed by atoms with van der Waals surface area (Å²) in [4.78, 5) is 22.8. The van der Waals surface area contributed by atoms with Crippen LogP contribution in [0.5, 0.6) is 0 Å². The van der Waals surface area contributed by atoms with E-state index in [0.29, 0.717) is 26.1 Å². The molecule has 1 saturated heterocycles. The van der Waals surface area contributed by atoms with Gasteiger partial charge in [-0.3, -0.25) is 9.59 Å². The normalized spacial score (nSPS) is 18.3. The number of ether oxygens (including phenoxy) is 1. The number of nitrogens with zero attached hydrogens (tertiary/aromatic N) is 1. The van der Waals surface area contributed by atoms with Crippen molar-refractivity contribution in [1.82, 2.24) is 15.5 Å². The van der Waals surface area contributed by atoms with Gasteiger partial charge in [0.1, 0.15) is 5.69 Å². The fourth-order valence-corrected chi connectivity index (χ4v) is 1.86. The van der Waals surface area contributed by atoms with Gasteiger partial charge in [0, 0.05) is 19.3 Å². The van der Waals surface area contributed by atoms with Crippen LogP contribution in [0.3, 0.4) is 0 Å². The van der Waals surface area contributed by atoms with Crippen LogP contribution < -0.4 is 10.9 Å². The summed E-state index contributed by atoms with van der Waals surface area (Å²) in [6, 6.07) is 2.58. The van der Waals surface area contributed by atoms with Crippen LogP contribution in [0.1, 0.15) is 23.3 Å². The average Bonchev–Trinajstić information content (AvgIpc) is 2.40. The lowest BCUT2D eigenvalue weighted by molar-refractivity contribution is 0.0124. The molecule has 7 heteroatoms. The topological polar surface area (TPSA) is 104 Å². The Morgan fingerprint density at radius 1 is 1.50 bits per heavy atom. The zero-order chi connectivity index (χ0) is 13.0. The van der Waals surface area contributed by atoms with E-state index in [9.17, 15) is 14.7 Å². The monoisotopic (exact) mass is 253 g/mol. The summed E-state index contributed by atoms with van der Waals surface area (Å²) in [7, 11) is 0. The van der Waals surface area contributed by atoms with Gasteiger partial charge in [-0.2, -0.15) is 5.10 Å². The van der Waals surface area contributed by atoms with Crippen molar-refractivity contribution in [3.05, 3.63) is 28.2 Å². The molecule has 1 aliphatic heterocycles. The van der Waals surface area contributed by atoms with E-state index in [-0.39, 0.29) is 17.9 Å². The highest BCUT2D eigenvalue weighted by Crippen LogP contribution is 2.20. The number of amides is 1. The Hall–Kier alpha value is -1.73. The lowest BCUT2D eigenvalue weighted by atomic mass is 9.91. The Morgan fingerprint density at radius 3 is 2.78 bits per heavy atom. The predicted molar refractivity (Wildman–Crippen MR) is 62.2 cm³/mol. The molecule has 0 unspecified atom stereocenters. The molecular weight excluding hydrogens is 238 g/mol. The lowest BCUT2D eigenvalue weighted by Gasteiger charge is -2.36. The number of aliphatic hydroxyl groups excluding tert-OH is 1. The van der Waals surface area contributed by atoms with Crippen molar-refractivity contribution in [1.29, 1.82) is 0 Å². The maximum atomic E-state index is 11.9. The first-order chi connectivity index (χ1) is 8.65. The second-order valence-corrected chi connectivity index (χ2v) is 4.31. The predicted octanol–water partition coefficient (Wildman–Crippen LogP) is -0.959. The molecule has 1 aromatic rings. The zero-order valence-electron chi connectivity index (χ0n) is 9.81. The van der Waals surface area contributed by atoms with Crippen LogP contribution in [-0.2, 0) is 4.74 Å². The van der Waals surface area contributed by atoms with Gasteiger partial charge >= 0.3 is 0 Å². The third-order valence-electron chi connectivity index (χ3n) is 3.04. The molecule has 0 atom stereocenters. The van der Waals surface area contributed by atoms with Gasteiger partial charge in [-0.25, -0.2) is 5.10 Å². The quantitative estimate of drug-likeness (QED) is 0.643. The molecule has 1 fully saturated rings. The molecule has 2 rings (SSSR count). The van der Waals surface area contributed by atoms with Crippen LogP contribution in [0.25, 0.3) is 0 Å².